The Morgan fingerprint density at radius 1 is 1.12 bits per heavy atom. The van der Waals surface area contributed by atoms with Crippen molar-refractivity contribution in [2.24, 2.45) is 0 Å². The zero-order chi connectivity index (χ0) is 23.5. The third-order valence-electron chi connectivity index (χ3n) is 5.16. The highest BCUT2D eigenvalue weighted by Gasteiger charge is 2.19. The van der Waals surface area contributed by atoms with Crippen LogP contribution in [0.25, 0.3) is 16.8 Å². The summed E-state index contributed by atoms with van der Waals surface area (Å²) in [7, 11) is 0. The summed E-state index contributed by atoms with van der Waals surface area (Å²) in [6.45, 7) is 5.14. The van der Waals surface area contributed by atoms with Crippen LogP contribution in [0.2, 0.25) is 0 Å². The number of aliphatic hydroxyl groups is 1. The fourth-order valence-corrected chi connectivity index (χ4v) is 3.41. The van der Waals surface area contributed by atoms with Crippen molar-refractivity contribution in [3.8, 4) is 16.8 Å². The molecule has 168 valence electrons. The molecule has 2 aromatic heterocycles. The van der Waals surface area contributed by atoms with Gasteiger partial charge in [0.15, 0.2) is 5.82 Å². The van der Waals surface area contributed by atoms with E-state index in [1.807, 2.05) is 6.92 Å². The van der Waals surface area contributed by atoms with Crippen molar-refractivity contribution in [2.45, 2.75) is 32.9 Å². The molecule has 0 spiro atoms. The van der Waals surface area contributed by atoms with Crippen LogP contribution in [-0.4, -0.2) is 41.2 Å². The minimum Gasteiger partial charge on any atom is -0.385 e. The predicted molar refractivity (Wildman–Crippen MR) is 118 cm³/mol. The maximum Gasteiger partial charge on any atom is 0.251 e. The minimum atomic E-state index is -0.949. The van der Waals surface area contributed by atoms with E-state index in [1.54, 1.807) is 49.6 Å². The molecule has 10 heteroatoms. The normalized spacial score (nSPS) is 12.9. The van der Waals surface area contributed by atoms with Crippen LogP contribution < -0.4 is 5.32 Å². The Morgan fingerprint density at radius 2 is 1.88 bits per heavy atom. The lowest BCUT2D eigenvalue weighted by atomic mass is 9.99. The highest BCUT2D eigenvalue weighted by Crippen LogP contribution is 2.28. The van der Waals surface area contributed by atoms with Crippen molar-refractivity contribution in [3.63, 3.8) is 0 Å². The van der Waals surface area contributed by atoms with Crippen molar-refractivity contribution in [2.75, 3.05) is 0 Å². The number of aromatic nitrogens is 6. The van der Waals surface area contributed by atoms with Crippen molar-refractivity contribution in [3.05, 3.63) is 83.5 Å². The van der Waals surface area contributed by atoms with E-state index in [2.05, 4.69) is 30.8 Å². The molecule has 0 radical (unpaired) electrons. The van der Waals surface area contributed by atoms with Crippen molar-refractivity contribution in [1.29, 1.82) is 0 Å². The molecule has 2 heterocycles. The number of halogens is 1. The molecule has 0 saturated heterocycles. The number of tetrazole rings is 1. The van der Waals surface area contributed by atoms with Gasteiger partial charge in [-0.15, -0.1) is 5.10 Å². The van der Waals surface area contributed by atoms with E-state index in [1.165, 1.54) is 24.0 Å². The molecular weight excluding hydrogens is 425 g/mol. The largest absolute Gasteiger partial charge is 0.385 e. The number of nitrogens with zero attached hydrogens (tertiary/aromatic N) is 6. The molecule has 1 amide bonds. The number of amides is 1. The number of rotatable bonds is 6. The summed E-state index contributed by atoms with van der Waals surface area (Å²) in [6, 6.07) is 9.38. The van der Waals surface area contributed by atoms with Gasteiger partial charge in [0.05, 0.1) is 11.7 Å². The van der Waals surface area contributed by atoms with E-state index in [0.29, 0.717) is 16.8 Å². The lowest BCUT2D eigenvalue weighted by Gasteiger charge is -2.16. The van der Waals surface area contributed by atoms with E-state index in [9.17, 15) is 14.3 Å². The molecule has 0 saturated carbocycles. The summed E-state index contributed by atoms with van der Waals surface area (Å²) >= 11 is 0. The quantitative estimate of drug-likeness (QED) is 0.466. The van der Waals surface area contributed by atoms with Gasteiger partial charge in [0.25, 0.3) is 5.91 Å². The molecule has 0 aliphatic carbocycles. The number of carbonyl (C=O) groups is 1. The number of aliphatic hydroxyl groups excluding tert-OH is 1. The van der Waals surface area contributed by atoms with Gasteiger partial charge in [0.1, 0.15) is 18.2 Å². The monoisotopic (exact) mass is 447 g/mol. The number of aryl methyl sites for hydroxylation is 1. The molecule has 0 aliphatic rings. The highest BCUT2D eigenvalue weighted by atomic mass is 19.1. The molecule has 33 heavy (non-hydrogen) atoms. The number of hydrogen-bond acceptors (Lipinski definition) is 7. The van der Waals surface area contributed by atoms with E-state index < -0.39 is 11.9 Å². The van der Waals surface area contributed by atoms with Gasteiger partial charge in [-0.2, -0.15) is 4.68 Å². The zero-order valence-electron chi connectivity index (χ0n) is 18.3. The average molecular weight is 447 g/mol. The molecule has 2 atom stereocenters. The third-order valence-corrected chi connectivity index (χ3v) is 5.16. The van der Waals surface area contributed by atoms with Crippen LogP contribution in [0, 0.1) is 12.7 Å². The molecule has 4 rings (SSSR count). The summed E-state index contributed by atoms with van der Waals surface area (Å²) in [4.78, 5) is 21.1. The molecule has 0 aliphatic heterocycles. The molecule has 0 fully saturated rings. The van der Waals surface area contributed by atoms with Gasteiger partial charge in [-0.25, -0.2) is 14.4 Å². The highest BCUT2D eigenvalue weighted by molar-refractivity contribution is 5.96. The first-order valence-electron chi connectivity index (χ1n) is 10.3. The fourth-order valence-electron chi connectivity index (χ4n) is 3.41. The van der Waals surface area contributed by atoms with Crippen molar-refractivity contribution in [1.82, 2.24) is 35.5 Å². The van der Waals surface area contributed by atoms with E-state index >= 15 is 0 Å². The lowest BCUT2D eigenvalue weighted by molar-refractivity contribution is 0.0939. The Morgan fingerprint density at radius 3 is 2.58 bits per heavy atom. The van der Waals surface area contributed by atoms with Crippen LogP contribution in [0.15, 0.2) is 55.1 Å². The van der Waals surface area contributed by atoms with Crippen LogP contribution in [0.1, 0.15) is 53.3 Å². The Kier molecular flexibility index (Phi) is 6.18. The first-order valence-corrected chi connectivity index (χ1v) is 10.3. The number of nitrogens with one attached hydrogen (secondary N) is 1. The molecule has 2 unspecified atom stereocenters. The first kappa shape index (κ1) is 22.2. The maximum absolute atomic E-state index is 14.8. The van der Waals surface area contributed by atoms with Gasteiger partial charge in [-0.3, -0.25) is 4.79 Å². The zero-order valence-corrected chi connectivity index (χ0v) is 18.3. The molecule has 2 aromatic carbocycles. The van der Waals surface area contributed by atoms with Crippen molar-refractivity contribution >= 4 is 5.91 Å². The average Bonchev–Trinajstić information content (AvgIpc) is 3.30. The van der Waals surface area contributed by atoms with Crippen molar-refractivity contribution < 1.29 is 14.3 Å². The van der Waals surface area contributed by atoms with Gasteiger partial charge < -0.3 is 10.4 Å². The van der Waals surface area contributed by atoms with Crippen LogP contribution in [0.4, 0.5) is 4.39 Å². The smallest absolute Gasteiger partial charge is 0.251 e. The van der Waals surface area contributed by atoms with E-state index in [-0.39, 0.29) is 23.3 Å². The predicted octanol–water partition coefficient (Wildman–Crippen LogP) is 3.11. The minimum absolute atomic E-state index is 0.192. The van der Waals surface area contributed by atoms with Crippen LogP contribution >= 0.6 is 0 Å². The fraction of sp³-hybridized carbons (Fsp3) is 0.217. The van der Waals surface area contributed by atoms with E-state index in [0.717, 1.165) is 11.1 Å². The summed E-state index contributed by atoms with van der Waals surface area (Å²) < 4.78 is 16.1. The summed E-state index contributed by atoms with van der Waals surface area (Å²) in [5.74, 6) is -0.605. The van der Waals surface area contributed by atoms with E-state index in [4.69, 9.17) is 0 Å². The molecule has 0 bridgehead atoms. The summed E-state index contributed by atoms with van der Waals surface area (Å²) in [6.07, 6.45) is 3.71. The Labute approximate surface area is 189 Å². The second-order valence-electron chi connectivity index (χ2n) is 7.74. The van der Waals surface area contributed by atoms with Crippen LogP contribution in [-0.2, 0) is 0 Å². The van der Waals surface area contributed by atoms with Gasteiger partial charge in [0.2, 0.25) is 0 Å². The first-order chi connectivity index (χ1) is 15.8. The third kappa shape index (κ3) is 4.75. The number of carbonyl (C=O) groups excluding carboxylic acids is 1. The molecule has 2 N–H and O–H groups in total. The second-order valence-corrected chi connectivity index (χ2v) is 7.74. The second kappa shape index (κ2) is 9.21. The lowest BCUT2D eigenvalue weighted by Crippen LogP contribution is -2.27. The van der Waals surface area contributed by atoms with Gasteiger partial charge in [-0.05, 0) is 66.6 Å². The van der Waals surface area contributed by atoms with Crippen LogP contribution in [0.3, 0.4) is 0 Å². The Balaban J connectivity index is 1.79. The standard InChI is InChI=1S/C23H22FN7O2/c1-13-4-5-20(21(24)6-13)16-7-17(23(33)27-14(2)18-10-25-12-26-11-18)9-19(8-16)31-22(15(3)32)28-29-30-31/h4-12,14-15,32H,1-3H3,(H,27,33). The van der Waals surface area contributed by atoms with Gasteiger partial charge >= 0.3 is 0 Å². The van der Waals surface area contributed by atoms with Crippen LogP contribution in [0.5, 0.6) is 0 Å². The molecular formula is C23H22FN7O2. The Bertz CT molecular complexity index is 1290. The maximum atomic E-state index is 14.8. The summed E-state index contributed by atoms with van der Waals surface area (Å²) in [5, 5.41) is 24.3. The molecule has 9 nitrogen and oxygen atoms in total. The number of hydrogen-bond donors (Lipinski definition) is 2. The summed E-state index contributed by atoms with van der Waals surface area (Å²) in [5.41, 5.74) is 3.00. The SMILES string of the molecule is Cc1ccc(-c2cc(C(=O)NC(C)c3cncnc3)cc(-n3nnnc3C(C)O)c2)c(F)c1. The number of benzene rings is 2. The molecule has 4 aromatic rings. The van der Waals surface area contributed by atoms with Gasteiger partial charge in [0, 0.05) is 29.1 Å². The topological polar surface area (TPSA) is 119 Å². The van der Waals surface area contributed by atoms with Gasteiger partial charge in [-0.1, -0.05) is 12.1 Å². The Hall–Kier alpha value is -4.05.